The summed E-state index contributed by atoms with van der Waals surface area (Å²) < 4.78 is 2.14. The molecular formula is C18H32N6O. The molecule has 1 aromatic heterocycles. The minimum absolute atomic E-state index is 0.0212. The van der Waals surface area contributed by atoms with E-state index < -0.39 is 5.54 Å². The average Bonchev–Trinajstić information content (AvgIpc) is 2.95. The molecule has 0 unspecified atom stereocenters. The van der Waals surface area contributed by atoms with Crippen molar-refractivity contribution in [1.82, 2.24) is 24.6 Å². The summed E-state index contributed by atoms with van der Waals surface area (Å²) in [6.07, 6.45) is 5.92. The van der Waals surface area contributed by atoms with E-state index in [1.165, 1.54) is 19.3 Å². The summed E-state index contributed by atoms with van der Waals surface area (Å²) in [4.78, 5) is 16.9. The van der Waals surface area contributed by atoms with Crippen LogP contribution in [0.1, 0.15) is 63.5 Å². The lowest BCUT2D eigenvalue weighted by atomic mass is 9.95. The van der Waals surface area contributed by atoms with Crippen LogP contribution in [0, 0.1) is 0 Å². The van der Waals surface area contributed by atoms with Crippen LogP contribution >= 0.6 is 0 Å². The van der Waals surface area contributed by atoms with Gasteiger partial charge in [-0.15, -0.1) is 10.2 Å². The molecule has 2 aliphatic heterocycles. The molecule has 7 nitrogen and oxygen atoms in total. The topological polar surface area (TPSA) is 80.3 Å². The van der Waals surface area contributed by atoms with Crippen molar-refractivity contribution in [3.05, 3.63) is 11.6 Å². The predicted octanol–water partition coefficient (Wildman–Crippen LogP) is 1.24. The lowest BCUT2D eigenvalue weighted by Crippen LogP contribution is -2.53. The first-order chi connectivity index (χ1) is 11.9. The average molecular weight is 348 g/mol. The third-order valence-electron chi connectivity index (χ3n) is 5.44. The van der Waals surface area contributed by atoms with Crippen LogP contribution in [0.25, 0.3) is 0 Å². The molecule has 1 aromatic rings. The molecule has 7 heteroatoms. The van der Waals surface area contributed by atoms with Crippen molar-refractivity contribution in [3.8, 4) is 0 Å². The van der Waals surface area contributed by atoms with Crippen LogP contribution < -0.4 is 5.73 Å². The maximum absolute atomic E-state index is 12.5. The van der Waals surface area contributed by atoms with E-state index in [0.717, 1.165) is 50.7 Å². The molecule has 3 heterocycles. The van der Waals surface area contributed by atoms with Gasteiger partial charge in [0, 0.05) is 26.1 Å². The molecular weight excluding hydrogens is 316 g/mol. The molecule has 0 radical (unpaired) electrons. The Balaban J connectivity index is 1.68. The van der Waals surface area contributed by atoms with Gasteiger partial charge in [0.05, 0.1) is 12.1 Å². The van der Waals surface area contributed by atoms with Crippen LogP contribution in [0.4, 0.5) is 0 Å². The van der Waals surface area contributed by atoms with Crippen LogP contribution in [0.15, 0.2) is 0 Å². The molecule has 0 saturated carbocycles. The van der Waals surface area contributed by atoms with Crippen molar-refractivity contribution < 1.29 is 4.79 Å². The number of nitrogens with zero attached hydrogens (tertiary/aromatic N) is 5. The van der Waals surface area contributed by atoms with Gasteiger partial charge in [0.1, 0.15) is 11.6 Å². The molecule has 2 saturated heterocycles. The number of carbonyl (C=O) groups is 1. The van der Waals surface area contributed by atoms with Gasteiger partial charge >= 0.3 is 0 Å². The summed E-state index contributed by atoms with van der Waals surface area (Å²) in [5.41, 5.74) is 5.18. The zero-order valence-corrected chi connectivity index (χ0v) is 15.9. The summed E-state index contributed by atoms with van der Waals surface area (Å²) >= 11 is 0. The van der Waals surface area contributed by atoms with Gasteiger partial charge in [-0.3, -0.25) is 9.69 Å². The molecule has 140 valence electrons. The van der Waals surface area contributed by atoms with Gasteiger partial charge in [-0.25, -0.2) is 0 Å². The summed E-state index contributed by atoms with van der Waals surface area (Å²) in [5.74, 6) is 2.29. The Morgan fingerprint density at radius 2 is 1.88 bits per heavy atom. The number of carbonyl (C=O) groups excluding carboxylic acids is 1. The normalized spacial score (nSPS) is 23.0. The minimum Gasteiger partial charge on any atom is -0.340 e. The van der Waals surface area contributed by atoms with E-state index in [4.69, 9.17) is 5.73 Å². The van der Waals surface area contributed by atoms with Crippen LogP contribution in [0.5, 0.6) is 0 Å². The molecule has 0 bridgehead atoms. The van der Waals surface area contributed by atoms with E-state index in [9.17, 15) is 4.79 Å². The monoisotopic (exact) mass is 348 g/mol. The molecule has 1 atom stereocenters. The van der Waals surface area contributed by atoms with E-state index in [0.29, 0.717) is 6.54 Å². The lowest BCUT2D eigenvalue weighted by Gasteiger charge is -2.36. The van der Waals surface area contributed by atoms with Gasteiger partial charge in [0.25, 0.3) is 0 Å². The third-order valence-corrected chi connectivity index (χ3v) is 5.44. The number of aromatic nitrogens is 3. The molecule has 0 aliphatic carbocycles. The SMILES string of the molecule is Cn1c(CN2CCCCC2)nnc1[C@H]1CCCN(C(=O)C(C)(C)N)C1. The first-order valence-electron chi connectivity index (χ1n) is 9.55. The Morgan fingerprint density at radius 3 is 2.56 bits per heavy atom. The highest BCUT2D eigenvalue weighted by Gasteiger charge is 2.33. The van der Waals surface area contributed by atoms with E-state index in [-0.39, 0.29) is 11.8 Å². The molecule has 2 aliphatic rings. The second-order valence-electron chi connectivity index (χ2n) is 8.18. The molecule has 2 fully saturated rings. The Labute approximate surface area is 150 Å². The maximum Gasteiger partial charge on any atom is 0.242 e. The first-order valence-corrected chi connectivity index (χ1v) is 9.55. The fourth-order valence-corrected chi connectivity index (χ4v) is 3.97. The second kappa shape index (κ2) is 7.41. The highest BCUT2D eigenvalue weighted by Crippen LogP contribution is 2.27. The third kappa shape index (κ3) is 4.20. The number of amides is 1. The summed E-state index contributed by atoms with van der Waals surface area (Å²) in [5, 5.41) is 8.92. The van der Waals surface area contributed by atoms with E-state index in [1.807, 2.05) is 4.90 Å². The van der Waals surface area contributed by atoms with Crippen molar-refractivity contribution in [2.75, 3.05) is 26.2 Å². The van der Waals surface area contributed by atoms with E-state index >= 15 is 0 Å². The Morgan fingerprint density at radius 1 is 1.16 bits per heavy atom. The van der Waals surface area contributed by atoms with Crippen molar-refractivity contribution in [2.45, 2.75) is 64.0 Å². The minimum atomic E-state index is -0.818. The highest BCUT2D eigenvalue weighted by atomic mass is 16.2. The van der Waals surface area contributed by atoms with Crippen molar-refractivity contribution >= 4 is 5.91 Å². The smallest absolute Gasteiger partial charge is 0.242 e. The summed E-state index contributed by atoms with van der Waals surface area (Å²) in [6.45, 7) is 8.20. The molecule has 25 heavy (non-hydrogen) atoms. The lowest BCUT2D eigenvalue weighted by molar-refractivity contribution is -0.137. The van der Waals surface area contributed by atoms with Gasteiger partial charge in [0.15, 0.2) is 0 Å². The second-order valence-corrected chi connectivity index (χ2v) is 8.18. The fourth-order valence-electron chi connectivity index (χ4n) is 3.97. The predicted molar refractivity (Wildman–Crippen MR) is 97.0 cm³/mol. The number of nitrogens with two attached hydrogens (primary N) is 1. The molecule has 0 spiro atoms. The van der Waals surface area contributed by atoms with Gasteiger partial charge in [-0.2, -0.15) is 0 Å². The van der Waals surface area contributed by atoms with Gasteiger partial charge in [-0.05, 0) is 52.6 Å². The Hall–Kier alpha value is -1.47. The van der Waals surface area contributed by atoms with Crippen molar-refractivity contribution in [1.29, 1.82) is 0 Å². The van der Waals surface area contributed by atoms with Crippen LogP contribution in [-0.2, 0) is 18.4 Å². The quantitative estimate of drug-likeness (QED) is 0.886. The largest absolute Gasteiger partial charge is 0.340 e. The summed E-state index contributed by atoms with van der Waals surface area (Å²) in [7, 11) is 2.06. The molecule has 1 amide bonds. The van der Waals surface area contributed by atoms with Crippen molar-refractivity contribution in [3.63, 3.8) is 0 Å². The Kier molecular flexibility index (Phi) is 5.43. The number of hydrogen-bond acceptors (Lipinski definition) is 5. The van der Waals surface area contributed by atoms with Crippen LogP contribution in [-0.4, -0.2) is 62.2 Å². The number of hydrogen-bond donors (Lipinski definition) is 1. The van der Waals surface area contributed by atoms with E-state index in [1.54, 1.807) is 13.8 Å². The van der Waals surface area contributed by atoms with Crippen molar-refractivity contribution in [2.24, 2.45) is 12.8 Å². The number of piperidine rings is 2. The standard InChI is InChI=1S/C18H32N6O/c1-18(2,19)17(25)24-11-7-8-14(12-24)16-21-20-15(22(16)3)13-23-9-5-4-6-10-23/h14H,4-13,19H2,1-3H3/t14-/m0/s1. The molecule has 0 aromatic carbocycles. The highest BCUT2D eigenvalue weighted by molar-refractivity contribution is 5.85. The van der Waals surface area contributed by atoms with Crippen LogP contribution in [0.2, 0.25) is 0 Å². The zero-order chi connectivity index (χ0) is 18.0. The fraction of sp³-hybridized carbons (Fsp3) is 0.833. The summed E-state index contributed by atoms with van der Waals surface area (Å²) in [6, 6.07) is 0. The molecule has 2 N–H and O–H groups in total. The first kappa shape index (κ1) is 18.3. The zero-order valence-electron chi connectivity index (χ0n) is 15.9. The Bertz CT molecular complexity index is 599. The molecule has 3 rings (SSSR count). The van der Waals surface area contributed by atoms with Crippen LogP contribution in [0.3, 0.4) is 0 Å². The van der Waals surface area contributed by atoms with Gasteiger partial charge < -0.3 is 15.2 Å². The number of likely N-dealkylation sites (tertiary alicyclic amines) is 2. The maximum atomic E-state index is 12.5. The van der Waals surface area contributed by atoms with Gasteiger partial charge in [0.2, 0.25) is 5.91 Å². The van der Waals surface area contributed by atoms with E-state index in [2.05, 4.69) is 26.7 Å². The number of rotatable bonds is 4. The van der Waals surface area contributed by atoms with Gasteiger partial charge in [-0.1, -0.05) is 6.42 Å².